The number of amides is 1. The molecule has 1 rings (SSSR count). The summed E-state index contributed by atoms with van der Waals surface area (Å²) in [6, 6.07) is 5.05. The molecule has 0 radical (unpaired) electrons. The highest BCUT2D eigenvalue weighted by atomic mass is 35.5. The van der Waals surface area contributed by atoms with E-state index in [4.69, 9.17) is 23.2 Å². The first kappa shape index (κ1) is 13.3. The molecule has 0 saturated carbocycles. The van der Waals surface area contributed by atoms with Crippen LogP contribution in [0.5, 0.6) is 0 Å². The van der Waals surface area contributed by atoms with Crippen molar-refractivity contribution in [3.05, 3.63) is 33.8 Å². The minimum atomic E-state index is -0.253. The highest BCUT2D eigenvalue weighted by Gasteiger charge is 2.10. The van der Waals surface area contributed by atoms with Crippen LogP contribution in [0.3, 0.4) is 0 Å². The molecule has 0 heterocycles. The second-order valence-corrected chi connectivity index (χ2v) is 4.30. The van der Waals surface area contributed by atoms with Crippen LogP contribution in [0.2, 0.25) is 10.0 Å². The van der Waals surface area contributed by atoms with E-state index < -0.39 is 0 Å². The Morgan fingerprint density at radius 3 is 2.69 bits per heavy atom. The highest BCUT2D eigenvalue weighted by molar-refractivity contribution is 6.35. The Bertz CT molecular complexity index is 382. The summed E-state index contributed by atoms with van der Waals surface area (Å²) in [7, 11) is 1.61. The number of hydrogen-bond acceptors (Lipinski definition) is 2. The number of hydrogen-bond donors (Lipinski definition) is 2. The lowest BCUT2D eigenvalue weighted by Gasteiger charge is -2.12. The predicted octanol–water partition coefficient (Wildman–Crippen LogP) is 2.22. The lowest BCUT2D eigenvalue weighted by molar-refractivity contribution is -0.122. The Balaban J connectivity index is 2.58. The maximum absolute atomic E-state index is 11.2. The molecule has 2 N–H and O–H groups in total. The molecular weight excluding hydrogens is 247 g/mol. The maximum atomic E-state index is 11.2. The van der Waals surface area contributed by atoms with Crippen molar-refractivity contribution in [3.8, 4) is 0 Å². The van der Waals surface area contributed by atoms with Crippen molar-refractivity contribution in [1.29, 1.82) is 0 Å². The van der Waals surface area contributed by atoms with Crippen LogP contribution in [0.1, 0.15) is 12.5 Å². The van der Waals surface area contributed by atoms with Crippen molar-refractivity contribution in [1.82, 2.24) is 10.6 Å². The Kier molecular flexibility index (Phi) is 5.06. The van der Waals surface area contributed by atoms with Gasteiger partial charge in [-0.15, -0.1) is 0 Å². The molecule has 0 aliphatic heterocycles. The number of carbonyl (C=O) groups is 1. The zero-order chi connectivity index (χ0) is 12.1. The Morgan fingerprint density at radius 2 is 2.12 bits per heavy atom. The van der Waals surface area contributed by atoms with Crippen molar-refractivity contribution in [2.75, 3.05) is 7.05 Å². The van der Waals surface area contributed by atoms with Gasteiger partial charge in [0.1, 0.15) is 0 Å². The number of halogens is 2. The van der Waals surface area contributed by atoms with E-state index in [-0.39, 0.29) is 11.9 Å². The van der Waals surface area contributed by atoms with E-state index in [0.717, 1.165) is 5.56 Å². The minimum Gasteiger partial charge on any atom is -0.358 e. The molecule has 0 aliphatic carbocycles. The summed E-state index contributed by atoms with van der Waals surface area (Å²) >= 11 is 11.8. The molecule has 1 aromatic rings. The molecular formula is C11H14Cl2N2O. The summed E-state index contributed by atoms with van der Waals surface area (Å²) in [6.07, 6.45) is 0. The largest absolute Gasteiger partial charge is 0.358 e. The van der Waals surface area contributed by atoms with E-state index in [1.54, 1.807) is 26.1 Å². The minimum absolute atomic E-state index is 0.0508. The molecule has 88 valence electrons. The van der Waals surface area contributed by atoms with Gasteiger partial charge < -0.3 is 10.6 Å². The van der Waals surface area contributed by atoms with E-state index in [1.165, 1.54) is 0 Å². The van der Waals surface area contributed by atoms with Crippen LogP contribution in [-0.2, 0) is 11.3 Å². The molecule has 0 aliphatic rings. The monoisotopic (exact) mass is 260 g/mol. The van der Waals surface area contributed by atoms with Gasteiger partial charge >= 0.3 is 0 Å². The van der Waals surface area contributed by atoms with Crippen molar-refractivity contribution in [2.24, 2.45) is 0 Å². The lowest BCUT2D eigenvalue weighted by Crippen LogP contribution is -2.40. The van der Waals surface area contributed by atoms with Gasteiger partial charge in [-0.3, -0.25) is 4.79 Å². The van der Waals surface area contributed by atoms with E-state index >= 15 is 0 Å². The van der Waals surface area contributed by atoms with Crippen LogP contribution < -0.4 is 10.6 Å². The van der Waals surface area contributed by atoms with Crippen LogP contribution in [0.25, 0.3) is 0 Å². The third-order valence-corrected chi connectivity index (χ3v) is 2.84. The topological polar surface area (TPSA) is 41.1 Å². The average molecular weight is 261 g/mol. The van der Waals surface area contributed by atoms with E-state index in [0.29, 0.717) is 16.6 Å². The van der Waals surface area contributed by atoms with Crippen LogP contribution in [-0.4, -0.2) is 19.0 Å². The van der Waals surface area contributed by atoms with Gasteiger partial charge in [0.05, 0.1) is 6.04 Å². The first-order valence-corrected chi connectivity index (χ1v) is 5.69. The summed E-state index contributed by atoms with van der Waals surface area (Å²) in [6.45, 7) is 2.33. The van der Waals surface area contributed by atoms with Crippen molar-refractivity contribution in [3.63, 3.8) is 0 Å². The SMILES string of the molecule is CNC(=O)[C@@H](C)NCc1ccc(Cl)cc1Cl. The first-order chi connectivity index (χ1) is 7.54. The normalized spacial score (nSPS) is 12.2. The standard InChI is InChI=1S/C11H14Cl2N2O/c1-7(11(16)14-2)15-6-8-3-4-9(12)5-10(8)13/h3-5,7,15H,6H2,1-2H3,(H,14,16)/t7-/m1/s1. The third kappa shape index (κ3) is 3.67. The third-order valence-electron chi connectivity index (χ3n) is 2.25. The molecule has 16 heavy (non-hydrogen) atoms. The van der Waals surface area contributed by atoms with E-state index in [9.17, 15) is 4.79 Å². The molecule has 0 saturated heterocycles. The van der Waals surface area contributed by atoms with Crippen molar-refractivity contribution in [2.45, 2.75) is 19.5 Å². The molecule has 0 aromatic heterocycles. The van der Waals surface area contributed by atoms with Crippen molar-refractivity contribution < 1.29 is 4.79 Å². The number of rotatable bonds is 4. The number of likely N-dealkylation sites (N-methyl/N-ethyl adjacent to an activating group) is 1. The van der Waals surface area contributed by atoms with Crippen LogP contribution in [0, 0.1) is 0 Å². The number of nitrogens with one attached hydrogen (secondary N) is 2. The molecule has 0 bridgehead atoms. The average Bonchev–Trinajstić information content (AvgIpc) is 2.26. The molecule has 5 heteroatoms. The van der Waals surface area contributed by atoms with Crippen LogP contribution in [0.15, 0.2) is 18.2 Å². The number of benzene rings is 1. The van der Waals surface area contributed by atoms with Crippen LogP contribution in [0.4, 0.5) is 0 Å². The van der Waals surface area contributed by atoms with Gasteiger partial charge in [0.15, 0.2) is 0 Å². The predicted molar refractivity (Wildman–Crippen MR) is 66.8 cm³/mol. The Labute approximate surface area is 105 Å². The summed E-state index contributed by atoms with van der Waals surface area (Å²) < 4.78 is 0. The molecule has 1 atom stereocenters. The second-order valence-electron chi connectivity index (χ2n) is 3.45. The van der Waals surface area contributed by atoms with E-state index in [1.807, 2.05) is 6.07 Å². The molecule has 0 spiro atoms. The summed E-state index contributed by atoms with van der Waals surface area (Å²) in [5, 5.41) is 6.85. The fraction of sp³-hybridized carbons (Fsp3) is 0.364. The first-order valence-electron chi connectivity index (χ1n) is 4.93. The van der Waals surface area contributed by atoms with Crippen molar-refractivity contribution >= 4 is 29.1 Å². The van der Waals surface area contributed by atoms with Gasteiger partial charge in [0.25, 0.3) is 0 Å². The zero-order valence-electron chi connectivity index (χ0n) is 9.18. The van der Waals surface area contributed by atoms with Gasteiger partial charge in [0, 0.05) is 23.6 Å². The summed E-state index contributed by atoms with van der Waals surface area (Å²) in [5.74, 6) is -0.0508. The van der Waals surface area contributed by atoms with Gasteiger partial charge in [-0.05, 0) is 24.6 Å². The fourth-order valence-corrected chi connectivity index (χ4v) is 1.71. The molecule has 1 aromatic carbocycles. The Hall–Kier alpha value is -0.770. The van der Waals surface area contributed by atoms with Gasteiger partial charge in [-0.2, -0.15) is 0 Å². The van der Waals surface area contributed by atoms with Crippen LogP contribution >= 0.6 is 23.2 Å². The highest BCUT2D eigenvalue weighted by Crippen LogP contribution is 2.20. The lowest BCUT2D eigenvalue weighted by atomic mass is 10.2. The maximum Gasteiger partial charge on any atom is 0.236 e. The molecule has 3 nitrogen and oxygen atoms in total. The Morgan fingerprint density at radius 1 is 1.44 bits per heavy atom. The van der Waals surface area contributed by atoms with Gasteiger partial charge in [-0.1, -0.05) is 29.3 Å². The van der Waals surface area contributed by atoms with Gasteiger partial charge in [0.2, 0.25) is 5.91 Å². The summed E-state index contributed by atoms with van der Waals surface area (Å²) in [4.78, 5) is 11.2. The summed E-state index contributed by atoms with van der Waals surface area (Å²) in [5.41, 5.74) is 0.918. The van der Waals surface area contributed by atoms with E-state index in [2.05, 4.69) is 10.6 Å². The molecule has 0 unspecified atom stereocenters. The smallest absolute Gasteiger partial charge is 0.236 e. The fourth-order valence-electron chi connectivity index (χ4n) is 1.24. The zero-order valence-corrected chi connectivity index (χ0v) is 10.7. The molecule has 1 amide bonds. The second kappa shape index (κ2) is 6.09. The van der Waals surface area contributed by atoms with Gasteiger partial charge in [-0.25, -0.2) is 0 Å². The quantitative estimate of drug-likeness (QED) is 0.872. The molecule has 0 fully saturated rings. The number of carbonyl (C=O) groups excluding carboxylic acids is 1.